The van der Waals surface area contributed by atoms with E-state index in [1.807, 2.05) is 5.01 Å². The number of nitrogens with one attached hydrogen (secondary N) is 2. The third kappa shape index (κ3) is 3.11. The maximum absolute atomic E-state index is 11.8. The zero-order valence-electron chi connectivity index (χ0n) is 9.52. The number of nitrogens with two attached hydrogens (primary N) is 1. The Morgan fingerprint density at radius 2 is 2.00 bits per heavy atom. The van der Waals surface area contributed by atoms with E-state index in [-0.39, 0.29) is 11.6 Å². The standard InChI is InChI=1S/C10H16N6O/c11-12-9-5-4-8(13-14-9)10(17)15-16-6-2-1-3-7-16/h4-5H,1-3,6-7,11H2,(H,12,14)(H,15,17). The number of anilines is 1. The van der Waals surface area contributed by atoms with Gasteiger partial charge in [0.15, 0.2) is 11.5 Å². The lowest BCUT2D eigenvalue weighted by Gasteiger charge is -2.26. The highest BCUT2D eigenvalue weighted by Crippen LogP contribution is 2.06. The van der Waals surface area contributed by atoms with Gasteiger partial charge >= 0.3 is 0 Å². The van der Waals surface area contributed by atoms with Crippen LogP contribution in [0.4, 0.5) is 5.82 Å². The average molecular weight is 236 g/mol. The lowest BCUT2D eigenvalue weighted by Crippen LogP contribution is -2.45. The lowest BCUT2D eigenvalue weighted by atomic mass is 10.2. The van der Waals surface area contributed by atoms with Crippen molar-refractivity contribution < 1.29 is 4.79 Å². The predicted octanol–water partition coefficient (Wildman–Crippen LogP) is -0.107. The Morgan fingerprint density at radius 1 is 1.24 bits per heavy atom. The van der Waals surface area contributed by atoms with E-state index in [1.165, 1.54) is 6.42 Å². The number of amides is 1. The van der Waals surface area contributed by atoms with Gasteiger partial charge in [-0.2, -0.15) is 0 Å². The minimum Gasteiger partial charge on any atom is -0.307 e. The van der Waals surface area contributed by atoms with Crippen molar-refractivity contribution in [3.8, 4) is 0 Å². The molecule has 2 rings (SSSR count). The van der Waals surface area contributed by atoms with Crippen molar-refractivity contribution in [1.82, 2.24) is 20.6 Å². The molecule has 1 saturated heterocycles. The summed E-state index contributed by atoms with van der Waals surface area (Å²) in [5, 5.41) is 9.45. The summed E-state index contributed by atoms with van der Waals surface area (Å²) in [6.45, 7) is 1.78. The van der Waals surface area contributed by atoms with Crippen molar-refractivity contribution in [2.75, 3.05) is 18.5 Å². The monoisotopic (exact) mass is 236 g/mol. The molecule has 0 bridgehead atoms. The van der Waals surface area contributed by atoms with Gasteiger partial charge in [0.05, 0.1) is 0 Å². The molecule has 4 N–H and O–H groups in total. The minimum absolute atomic E-state index is 0.233. The largest absolute Gasteiger partial charge is 0.307 e. The van der Waals surface area contributed by atoms with Gasteiger partial charge < -0.3 is 5.43 Å². The first-order valence-electron chi connectivity index (χ1n) is 5.66. The van der Waals surface area contributed by atoms with Crippen LogP contribution in [-0.2, 0) is 0 Å². The van der Waals surface area contributed by atoms with E-state index >= 15 is 0 Å². The number of rotatable bonds is 3. The Kier molecular flexibility index (Phi) is 3.84. The van der Waals surface area contributed by atoms with Gasteiger partial charge in [0.25, 0.3) is 5.91 Å². The molecule has 1 aromatic heterocycles. The van der Waals surface area contributed by atoms with Crippen LogP contribution in [0.3, 0.4) is 0 Å². The molecule has 17 heavy (non-hydrogen) atoms. The molecule has 2 heterocycles. The average Bonchev–Trinajstić information content (AvgIpc) is 2.40. The molecular formula is C10H16N6O. The third-order valence-electron chi connectivity index (χ3n) is 2.66. The number of nitrogen functional groups attached to an aromatic ring is 1. The van der Waals surface area contributed by atoms with Crippen molar-refractivity contribution in [3.63, 3.8) is 0 Å². The van der Waals surface area contributed by atoms with Gasteiger partial charge in [-0.15, -0.1) is 10.2 Å². The first-order valence-corrected chi connectivity index (χ1v) is 5.66. The molecule has 1 aliphatic heterocycles. The van der Waals surface area contributed by atoms with Crippen LogP contribution >= 0.6 is 0 Å². The van der Waals surface area contributed by atoms with E-state index in [2.05, 4.69) is 21.0 Å². The topological polar surface area (TPSA) is 96.2 Å². The summed E-state index contributed by atoms with van der Waals surface area (Å²) in [4.78, 5) is 11.8. The fourth-order valence-corrected chi connectivity index (χ4v) is 1.74. The minimum atomic E-state index is -0.233. The van der Waals surface area contributed by atoms with Gasteiger partial charge in [-0.1, -0.05) is 6.42 Å². The zero-order chi connectivity index (χ0) is 12.1. The maximum atomic E-state index is 11.8. The summed E-state index contributed by atoms with van der Waals surface area (Å²) in [5.41, 5.74) is 5.46. The molecule has 1 aromatic rings. The molecule has 1 aliphatic rings. The normalized spacial score (nSPS) is 16.5. The number of nitrogens with zero attached hydrogens (tertiary/aromatic N) is 3. The second kappa shape index (κ2) is 5.55. The fourth-order valence-electron chi connectivity index (χ4n) is 1.74. The number of hydrazine groups is 2. The Balaban J connectivity index is 1.93. The Bertz CT molecular complexity index is 373. The molecule has 0 unspecified atom stereocenters. The molecule has 0 aliphatic carbocycles. The highest BCUT2D eigenvalue weighted by molar-refractivity contribution is 5.91. The van der Waals surface area contributed by atoms with Crippen LogP contribution in [0.25, 0.3) is 0 Å². The Morgan fingerprint density at radius 3 is 2.59 bits per heavy atom. The molecule has 7 heteroatoms. The predicted molar refractivity (Wildman–Crippen MR) is 62.7 cm³/mol. The van der Waals surface area contributed by atoms with Gasteiger partial charge in [-0.05, 0) is 25.0 Å². The van der Waals surface area contributed by atoms with Crippen LogP contribution in [0.15, 0.2) is 12.1 Å². The molecule has 92 valence electrons. The van der Waals surface area contributed by atoms with E-state index in [0.717, 1.165) is 25.9 Å². The van der Waals surface area contributed by atoms with E-state index in [9.17, 15) is 4.79 Å². The molecule has 0 radical (unpaired) electrons. The summed E-state index contributed by atoms with van der Waals surface area (Å²) in [6, 6.07) is 3.19. The molecule has 0 aromatic carbocycles. The summed E-state index contributed by atoms with van der Waals surface area (Å²) < 4.78 is 0. The van der Waals surface area contributed by atoms with Crippen molar-refractivity contribution in [2.24, 2.45) is 5.84 Å². The van der Waals surface area contributed by atoms with Crippen LogP contribution in [0.2, 0.25) is 0 Å². The summed E-state index contributed by atoms with van der Waals surface area (Å²) in [7, 11) is 0. The first kappa shape index (κ1) is 11.7. The van der Waals surface area contributed by atoms with E-state index in [1.54, 1.807) is 12.1 Å². The lowest BCUT2D eigenvalue weighted by molar-refractivity contribution is 0.0743. The molecule has 0 saturated carbocycles. The number of aromatic nitrogens is 2. The molecule has 1 fully saturated rings. The number of carbonyl (C=O) groups is 1. The van der Waals surface area contributed by atoms with Crippen molar-refractivity contribution >= 4 is 11.7 Å². The van der Waals surface area contributed by atoms with E-state index in [4.69, 9.17) is 5.84 Å². The van der Waals surface area contributed by atoms with Crippen molar-refractivity contribution in [3.05, 3.63) is 17.8 Å². The highest BCUT2D eigenvalue weighted by Gasteiger charge is 2.15. The fraction of sp³-hybridized carbons (Fsp3) is 0.500. The molecule has 7 nitrogen and oxygen atoms in total. The molecule has 0 atom stereocenters. The van der Waals surface area contributed by atoms with Crippen molar-refractivity contribution in [2.45, 2.75) is 19.3 Å². The van der Waals surface area contributed by atoms with Gasteiger partial charge in [0.2, 0.25) is 0 Å². The van der Waals surface area contributed by atoms with Crippen LogP contribution in [0.5, 0.6) is 0 Å². The molecule has 0 spiro atoms. The van der Waals surface area contributed by atoms with Gasteiger partial charge in [0, 0.05) is 13.1 Å². The van der Waals surface area contributed by atoms with Gasteiger partial charge in [-0.25, -0.2) is 10.9 Å². The second-order valence-electron chi connectivity index (χ2n) is 3.94. The van der Waals surface area contributed by atoms with Gasteiger partial charge in [-0.3, -0.25) is 10.2 Å². The van der Waals surface area contributed by atoms with Crippen LogP contribution in [0, 0.1) is 0 Å². The third-order valence-corrected chi connectivity index (χ3v) is 2.66. The number of hydrogen-bond acceptors (Lipinski definition) is 6. The summed E-state index contributed by atoms with van der Waals surface area (Å²) >= 11 is 0. The number of carbonyl (C=O) groups excluding carboxylic acids is 1. The van der Waals surface area contributed by atoms with Crippen molar-refractivity contribution in [1.29, 1.82) is 0 Å². The number of piperidine rings is 1. The number of hydrogen-bond donors (Lipinski definition) is 3. The van der Waals surface area contributed by atoms with E-state index < -0.39 is 0 Å². The maximum Gasteiger partial charge on any atom is 0.286 e. The highest BCUT2D eigenvalue weighted by atomic mass is 16.2. The molecular weight excluding hydrogens is 220 g/mol. The second-order valence-corrected chi connectivity index (χ2v) is 3.94. The van der Waals surface area contributed by atoms with E-state index in [0.29, 0.717) is 5.82 Å². The zero-order valence-corrected chi connectivity index (χ0v) is 9.52. The Labute approximate surface area is 99.3 Å². The quantitative estimate of drug-likeness (QED) is 0.500. The van der Waals surface area contributed by atoms with Gasteiger partial charge in [0.1, 0.15) is 0 Å². The van der Waals surface area contributed by atoms with Crippen LogP contribution < -0.4 is 16.7 Å². The Hall–Kier alpha value is -1.73. The SMILES string of the molecule is NNc1ccc(C(=O)NN2CCCCC2)nn1. The summed E-state index contributed by atoms with van der Waals surface area (Å²) in [6.07, 6.45) is 3.45. The van der Waals surface area contributed by atoms with Crippen LogP contribution in [-0.4, -0.2) is 34.2 Å². The molecule has 1 amide bonds. The van der Waals surface area contributed by atoms with Crippen LogP contribution in [0.1, 0.15) is 29.8 Å². The smallest absolute Gasteiger partial charge is 0.286 e. The first-order chi connectivity index (χ1) is 8.29. The summed E-state index contributed by atoms with van der Waals surface area (Å²) in [5.74, 6) is 5.36.